The fourth-order valence-corrected chi connectivity index (χ4v) is 7.83. The van der Waals surface area contributed by atoms with Crippen molar-refractivity contribution in [2.75, 3.05) is 0 Å². The summed E-state index contributed by atoms with van der Waals surface area (Å²) < 4.78 is 6.66. The SMILES string of the molecule is C=C/C=C\c1c(C)ccc(C)c1B(c1c(C)ccc2ccccc12)C(CCC)CC(C)c1cccc2c1oc1c(C)cccc12. The average molecular weight is 589 g/mol. The van der Waals surface area contributed by atoms with Crippen LogP contribution >= 0.6 is 0 Å². The van der Waals surface area contributed by atoms with Gasteiger partial charge in [-0.15, -0.1) is 0 Å². The molecule has 0 aliphatic carbocycles. The number of furan rings is 1. The van der Waals surface area contributed by atoms with Gasteiger partial charge in [0.2, 0.25) is 6.71 Å². The molecule has 45 heavy (non-hydrogen) atoms. The van der Waals surface area contributed by atoms with Crippen LogP contribution in [0.4, 0.5) is 0 Å². The van der Waals surface area contributed by atoms with Crippen molar-refractivity contribution < 1.29 is 4.42 Å². The van der Waals surface area contributed by atoms with E-state index in [1.54, 1.807) is 0 Å². The minimum Gasteiger partial charge on any atom is -0.455 e. The van der Waals surface area contributed by atoms with Crippen LogP contribution < -0.4 is 10.9 Å². The first-order valence-corrected chi connectivity index (χ1v) is 16.6. The van der Waals surface area contributed by atoms with Crippen LogP contribution in [0.25, 0.3) is 38.8 Å². The second-order valence-electron chi connectivity index (χ2n) is 13.1. The van der Waals surface area contributed by atoms with Crippen molar-refractivity contribution in [1.82, 2.24) is 0 Å². The molecule has 0 fully saturated rings. The molecule has 1 nitrogen and oxygen atoms in total. The molecule has 1 heterocycles. The lowest BCUT2D eigenvalue weighted by Crippen LogP contribution is -2.50. The molecule has 0 N–H and O–H groups in total. The molecule has 6 aromatic rings. The third-order valence-electron chi connectivity index (χ3n) is 10.0. The summed E-state index contributed by atoms with van der Waals surface area (Å²) in [7, 11) is 0. The van der Waals surface area contributed by atoms with Crippen molar-refractivity contribution >= 4 is 56.4 Å². The van der Waals surface area contributed by atoms with Crippen molar-refractivity contribution in [1.29, 1.82) is 0 Å². The van der Waals surface area contributed by atoms with Gasteiger partial charge in [-0.25, -0.2) is 0 Å². The van der Waals surface area contributed by atoms with Crippen LogP contribution in [0.15, 0.2) is 108 Å². The summed E-state index contributed by atoms with van der Waals surface area (Å²) in [5, 5.41) is 5.10. The Morgan fingerprint density at radius 2 is 1.38 bits per heavy atom. The maximum Gasteiger partial charge on any atom is 0.214 e. The third kappa shape index (κ3) is 5.68. The Kier molecular flexibility index (Phi) is 8.86. The molecule has 0 saturated carbocycles. The Morgan fingerprint density at radius 3 is 2.16 bits per heavy atom. The number of hydrogen-bond acceptors (Lipinski definition) is 1. The lowest BCUT2D eigenvalue weighted by molar-refractivity contribution is 0.582. The van der Waals surface area contributed by atoms with E-state index in [4.69, 9.17) is 4.42 Å². The van der Waals surface area contributed by atoms with Crippen molar-refractivity contribution in [2.45, 2.75) is 72.5 Å². The summed E-state index contributed by atoms with van der Waals surface area (Å²) >= 11 is 0. The van der Waals surface area contributed by atoms with Crippen molar-refractivity contribution in [3.8, 4) is 0 Å². The van der Waals surface area contributed by atoms with Gasteiger partial charge in [-0.1, -0.05) is 164 Å². The van der Waals surface area contributed by atoms with E-state index in [1.807, 2.05) is 6.08 Å². The van der Waals surface area contributed by atoms with Crippen LogP contribution in [-0.2, 0) is 0 Å². The van der Waals surface area contributed by atoms with E-state index in [2.05, 4.69) is 145 Å². The van der Waals surface area contributed by atoms with Gasteiger partial charge >= 0.3 is 0 Å². The van der Waals surface area contributed by atoms with E-state index in [-0.39, 0.29) is 6.71 Å². The van der Waals surface area contributed by atoms with Gasteiger partial charge in [0, 0.05) is 10.8 Å². The van der Waals surface area contributed by atoms with Crippen LogP contribution in [0.2, 0.25) is 5.82 Å². The summed E-state index contributed by atoms with van der Waals surface area (Å²) in [6, 6.07) is 31.4. The van der Waals surface area contributed by atoms with E-state index in [9.17, 15) is 0 Å². The molecular weight excluding hydrogens is 543 g/mol. The first kappa shape index (κ1) is 30.7. The number of fused-ring (bicyclic) bond motifs is 4. The minimum atomic E-state index is 0.236. The number of aryl methyl sites for hydroxylation is 4. The molecule has 0 saturated heterocycles. The molecule has 0 aliphatic heterocycles. The van der Waals surface area contributed by atoms with E-state index in [1.165, 1.54) is 65.9 Å². The van der Waals surface area contributed by atoms with Gasteiger partial charge in [-0.05, 0) is 73.1 Å². The molecule has 0 bridgehead atoms. The maximum atomic E-state index is 6.66. The molecule has 6 rings (SSSR count). The molecule has 0 aliphatic rings. The van der Waals surface area contributed by atoms with Gasteiger partial charge in [0.15, 0.2) is 0 Å². The number of allylic oxidation sites excluding steroid dienone is 2. The zero-order valence-corrected chi connectivity index (χ0v) is 27.8. The number of para-hydroxylation sites is 2. The zero-order chi connectivity index (χ0) is 31.7. The number of hydrogen-bond donors (Lipinski definition) is 0. The van der Waals surface area contributed by atoms with Gasteiger partial charge < -0.3 is 4.42 Å². The monoisotopic (exact) mass is 588 g/mol. The molecule has 0 amide bonds. The smallest absolute Gasteiger partial charge is 0.214 e. The molecule has 226 valence electrons. The van der Waals surface area contributed by atoms with E-state index in [0.717, 1.165) is 30.4 Å². The molecule has 0 spiro atoms. The molecular formula is C43H45BO. The van der Waals surface area contributed by atoms with E-state index in [0.29, 0.717) is 11.7 Å². The largest absolute Gasteiger partial charge is 0.455 e. The standard InChI is InChI=1S/C43H45BO/c1-8-10-18-35-28(3)23-24-29(4)40(35)44(41-30(5)25-26-33-17-11-12-19-37(33)41)34(15-9-2)27-32(7)36-20-14-22-39-38-21-13-16-31(6)42(38)45-43(36)39/h8,10-14,16-26,32,34H,1,9,15,27H2,2-7H3/b18-10-. The van der Waals surface area contributed by atoms with Crippen molar-refractivity contribution in [3.05, 3.63) is 137 Å². The van der Waals surface area contributed by atoms with E-state index >= 15 is 0 Å². The molecule has 2 heteroatoms. The van der Waals surface area contributed by atoms with Gasteiger partial charge in [0.1, 0.15) is 11.2 Å². The quantitative estimate of drug-likeness (QED) is 0.115. The van der Waals surface area contributed by atoms with Crippen molar-refractivity contribution in [3.63, 3.8) is 0 Å². The van der Waals surface area contributed by atoms with Gasteiger partial charge in [0.05, 0.1) is 0 Å². The Morgan fingerprint density at radius 1 is 0.711 bits per heavy atom. The van der Waals surface area contributed by atoms with Gasteiger partial charge in [-0.2, -0.15) is 0 Å². The van der Waals surface area contributed by atoms with Gasteiger partial charge in [-0.3, -0.25) is 0 Å². The van der Waals surface area contributed by atoms with Crippen LogP contribution in [0.3, 0.4) is 0 Å². The van der Waals surface area contributed by atoms with Crippen LogP contribution in [0.1, 0.15) is 72.4 Å². The number of rotatable bonds is 10. The second-order valence-corrected chi connectivity index (χ2v) is 13.1. The molecule has 2 atom stereocenters. The normalized spacial score (nSPS) is 13.2. The second kappa shape index (κ2) is 13.0. The predicted octanol–water partition coefficient (Wildman–Crippen LogP) is 11.1. The first-order valence-electron chi connectivity index (χ1n) is 16.6. The van der Waals surface area contributed by atoms with Gasteiger partial charge in [0.25, 0.3) is 0 Å². The lowest BCUT2D eigenvalue weighted by Gasteiger charge is -2.32. The fourth-order valence-electron chi connectivity index (χ4n) is 7.83. The highest BCUT2D eigenvalue weighted by Crippen LogP contribution is 2.40. The third-order valence-corrected chi connectivity index (χ3v) is 10.0. The fraction of sp³-hybridized carbons (Fsp3) is 0.256. The topological polar surface area (TPSA) is 13.1 Å². The highest BCUT2D eigenvalue weighted by molar-refractivity contribution is 6.89. The Hall–Kier alpha value is -4.30. The molecule has 5 aromatic carbocycles. The summed E-state index contributed by atoms with van der Waals surface area (Å²) in [6.45, 7) is 18.0. The summed E-state index contributed by atoms with van der Waals surface area (Å²) in [4.78, 5) is 0. The highest BCUT2D eigenvalue weighted by Gasteiger charge is 2.35. The Balaban J connectivity index is 1.57. The summed E-state index contributed by atoms with van der Waals surface area (Å²) in [5.41, 5.74) is 12.8. The predicted molar refractivity (Wildman–Crippen MR) is 199 cm³/mol. The Labute approximate surface area is 269 Å². The van der Waals surface area contributed by atoms with Crippen LogP contribution in [0, 0.1) is 27.7 Å². The molecule has 0 radical (unpaired) electrons. The average Bonchev–Trinajstić information content (AvgIpc) is 3.43. The maximum absolute atomic E-state index is 6.66. The minimum absolute atomic E-state index is 0.236. The zero-order valence-electron chi connectivity index (χ0n) is 27.8. The Bertz CT molecular complexity index is 2040. The lowest BCUT2D eigenvalue weighted by atomic mass is 9.30. The number of benzene rings is 5. The van der Waals surface area contributed by atoms with Crippen LogP contribution in [0.5, 0.6) is 0 Å². The first-order chi connectivity index (χ1) is 21.8. The molecule has 1 aromatic heterocycles. The molecule has 2 unspecified atom stereocenters. The summed E-state index contributed by atoms with van der Waals surface area (Å²) in [5.74, 6) is 0.744. The highest BCUT2D eigenvalue weighted by atomic mass is 16.3. The van der Waals surface area contributed by atoms with Crippen LogP contribution in [-0.4, -0.2) is 6.71 Å². The summed E-state index contributed by atoms with van der Waals surface area (Å²) in [6.07, 6.45) is 9.61. The van der Waals surface area contributed by atoms with Crippen molar-refractivity contribution in [2.24, 2.45) is 0 Å². The van der Waals surface area contributed by atoms with E-state index < -0.39 is 0 Å².